The second-order valence-electron chi connectivity index (χ2n) is 3.83. The lowest BCUT2D eigenvalue weighted by molar-refractivity contribution is 0.661. The van der Waals surface area contributed by atoms with Crippen molar-refractivity contribution >= 4 is 26.6 Å². The summed E-state index contributed by atoms with van der Waals surface area (Å²) >= 11 is 0. The molecule has 15 heavy (non-hydrogen) atoms. The molecule has 2 aromatic rings. The maximum atomic E-state index is 5.85. The molecule has 0 fully saturated rings. The van der Waals surface area contributed by atoms with Crippen LogP contribution < -0.4 is 5.32 Å². The highest BCUT2D eigenvalue weighted by Crippen LogP contribution is 2.20. The van der Waals surface area contributed by atoms with E-state index in [4.69, 9.17) is 15.7 Å². The molecule has 1 aromatic carbocycles. The van der Waals surface area contributed by atoms with E-state index in [-0.39, 0.29) is 0 Å². The monoisotopic (exact) mass is 194 g/mol. The SMILES string of the molecule is [B]C([B])(Cc1c[nH]c2ccccc12)NC. The third-order valence-electron chi connectivity index (χ3n) is 2.62. The zero-order valence-electron chi connectivity index (χ0n) is 8.75. The lowest BCUT2D eigenvalue weighted by atomic mass is 9.59. The third-order valence-corrected chi connectivity index (χ3v) is 2.62. The van der Waals surface area contributed by atoms with E-state index in [1.165, 1.54) is 5.39 Å². The molecule has 0 spiro atoms. The molecule has 0 aliphatic rings. The minimum atomic E-state index is -0.856. The molecule has 0 atom stereocenters. The van der Waals surface area contributed by atoms with E-state index < -0.39 is 5.34 Å². The van der Waals surface area contributed by atoms with Gasteiger partial charge in [-0.2, -0.15) is 0 Å². The molecular formula is C11H12B2N2. The second kappa shape index (κ2) is 3.78. The number of para-hydroxylation sites is 1. The summed E-state index contributed by atoms with van der Waals surface area (Å²) in [5, 5.41) is 3.20. The first kappa shape index (κ1) is 10.4. The van der Waals surface area contributed by atoms with Crippen LogP contribution in [0.2, 0.25) is 0 Å². The molecule has 2 rings (SSSR count). The average molecular weight is 194 g/mol. The summed E-state index contributed by atoms with van der Waals surface area (Å²) in [7, 11) is 13.5. The maximum Gasteiger partial charge on any atom is 0.0825 e. The Labute approximate surface area is 92.3 Å². The van der Waals surface area contributed by atoms with E-state index in [0.717, 1.165) is 11.1 Å². The van der Waals surface area contributed by atoms with Gasteiger partial charge in [0.2, 0.25) is 0 Å². The van der Waals surface area contributed by atoms with Crippen molar-refractivity contribution in [3.05, 3.63) is 36.0 Å². The topological polar surface area (TPSA) is 27.8 Å². The lowest BCUT2D eigenvalue weighted by Crippen LogP contribution is -2.46. The molecule has 0 bridgehead atoms. The molecule has 2 N–H and O–H groups in total. The summed E-state index contributed by atoms with van der Waals surface area (Å²) in [6, 6.07) is 8.10. The number of benzene rings is 1. The molecule has 0 unspecified atom stereocenters. The quantitative estimate of drug-likeness (QED) is 0.698. The fourth-order valence-electron chi connectivity index (χ4n) is 1.68. The zero-order valence-corrected chi connectivity index (χ0v) is 8.75. The third kappa shape index (κ3) is 2.10. The second-order valence-corrected chi connectivity index (χ2v) is 3.83. The standard InChI is InChI=1S/C11H12B2N2/c1-14-11(12,13)6-8-7-15-10-5-3-2-4-9(8)10/h2-5,7,14-15H,6H2,1H3. The van der Waals surface area contributed by atoms with Crippen molar-refractivity contribution in [2.75, 3.05) is 7.05 Å². The molecule has 0 aliphatic heterocycles. The Bertz CT molecular complexity index is 462. The van der Waals surface area contributed by atoms with Crippen molar-refractivity contribution in [3.63, 3.8) is 0 Å². The molecule has 2 nitrogen and oxygen atoms in total. The van der Waals surface area contributed by atoms with Gasteiger partial charge < -0.3 is 10.3 Å². The highest BCUT2D eigenvalue weighted by atomic mass is 14.9. The molecule has 0 aliphatic carbocycles. The highest BCUT2D eigenvalue weighted by Gasteiger charge is 2.16. The minimum Gasteiger partial charge on any atom is -0.361 e. The Balaban J connectivity index is 2.37. The predicted octanol–water partition coefficient (Wildman–Crippen LogP) is 0.921. The normalized spacial score (nSPS) is 12.1. The number of aromatic nitrogens is 1. The van der Waals surface area contributed by atoms with Gasteiger partial charge in [-0.1, -0.05) is 23.5 Å². The van der Waals surface area contributed by atoms with Crippen LogP contribution >= 0.6 is 0 Å². The Kier molecular flexibility index (Phi) is 2.61. The molecule has 1 heterocycles. The Morgan fingerprint density at radius 3 is 2.80 bits per heavy atom. The molecule has 72 valence electrons. The van der Waals surface area contributed by atoms with Gasteiger partial charge in [0.05, 0.1) is 15.7 Å². The summed E-state index contributed by atoms with van der Waals surface area (Å²) < 4.78 is 0. The van der Waals surface area contributed by atoms with Gasteiger partial charge in [-0.3, -0.25) is 0 Å². The van der Waals surface area contributed by atoms with E-state index >= 15 is 0 Å². The van der Waals surface area contributed by atoms with Crippen LogP contribution in [0.1, 0.15) is 5.56 Å². The first-order valence-electron chi connectivity index (χ1n) is 4.94. The van der Waals surface area contributed by atoms with Gasteiger partial charge in [0.1, 0.15) is 0 Å². The smallest absolute Gasteiger partial charge is 0.0825 e. The highest BCUT2D eigenvalue weighted by molar-refractivity contribution is 6.40. The van der Waals surface area contributed by atoms with E-state index in [1.54, 1.807) is 7.05 Å². The van der Waals surface area contributed by atoms with Gasteiger partial charge in [0.25, 0.3) is 0 Å². The van der Waals surface area contributed by atoms with Gasteiger partial charge in [-0.25, -0.2) is 0 Å². The van der Waals surface area contributed by atoms with E-state index in [2.05, 4.69) is 16.4 Å². The van der Waals surface area contributed by atoms with Crippen LogP contribution in [0, 0.1) is 0 Å². The van der Waals surface area contributed by atoms with Crippen LogP contribution in [-0.2, 0) is 6.42 Å². The number of aromatic amines is 1. The summed E-state index contributed by atoms with van der Waals surface area (Å²) in [5.74, 6) is 0. The fraction of sp³-hybridized carbons (Fsp3) is 0.273. The molecule has 4 radical (unpaired) electrons. The van der Waals surface area contributed by atoms with Crippen LogP contribution in [0.25, 0.3) is 10.9 Å². The van der Waals surface area contributed by atoms with Gasteiger partial charge in [0, 0.05) is 17.1 Å². The van der Waals surface area contributed by atoms with Crippen LogP contribution in [-0.4, -0.2) is 33.1 Å². The van der Waals surface area contributed by atoms with E-state index in [9.17, 15) is 0 Å². The van der Waals surface area contributed by atoms with Crippen molar-refractivity contribution in [1.29, 1.82) is 0 Å². The van der Waals surface area contributed by atoms with Crippen LogP contribution in [0.3, 0.4) is 0 Å². The maximum absolute atomic E-state index is 5.85. The van der Waals surface area contributed by atoms with Crippen molar-refractivity contribution < 1.29 is 0 Å². The lowest BCUT2D eigenvalue weighted by Gasteiger charge is -2.24. The van der Waals surface area contributed by atoms with Crippen LogP contribution in [0.15, 0.2) is 30.5 Å². The van der Waals surface area contributed by atoms with Crippen molar-refractivity contribution in [3.8, 4) is 0 Å². The number of rotatable bonds is 3. The Hall–Kier alpha value is -1.15. The minimum absolute atomic E-state index is 0.591. The Morgan fingerprint density at radius 2 is 2.07 bits per heavy atom. The molecular weight excluding hydrogens is 182 g/mol. The van der Waals surface area contributed by atoms with Gasteiger partial charge >= 0.3 is 0 Å². The summed E-state index contributed by atoms with van der Waals surface area (Å²) in [5.41, 5.74) is 2.24. The Morgan fingerprint density at radius 1 is 1.33 bits per heavy atom. The number of hydrogen-bond donors (Lipinski definition) is 2. The first-order valence-corrected chi connectivity index (χ1v) is 4.94. The molecule has 0 saturated carbocycles. The molecule has 0 amide bonds. The summed E-state index contributed by atoms with van der Waals surface area (Å²) in [6.45, 7) is 0. The molecule has 4 heteroatoms. The van der Waals surface area contributed by atoms with E-state index in [1.807, 2.05) is 24.4 Å². The van der Waals surface area contributed by atoms with Gasteiger partial charge in [-0.05, 0) is 25.1 Å². The number of H-pyrrole nitrogens is 1. The largest absolute Gasteiger partial charge is 0.361 e. The summed E-state index contributed by atoms with van der Waals surface area (Å²) in [4.78, 5) is 3.20. The van der Waals surface area contributed by atoms with Crippen LogP contribution in [0.4, 0.5) is 0 Å². The zero-order chi connectivity index (χ0) is 10.9. The number of hydrogen-bond acceptors (Lipinski definition) is 1. The van der Waals surface area contributed by atoms with Gasteiger partial charge in [-0.15, -0.1) is 0 Å². The van der Waals surface area contributed by atoms with Crippen molar-refractivity contribution in [1.82, 2.24) is 10.3 Å². The van der Waals surface area contributed by atoms with E-state index in [0.29, 0.717) is 6.42 Å². The van der Waals surface area contributed by atoms with Crippen LogP contribution in [0.5, 0.6) is 0 Å². The van der Waals surface area contributed by atoms with Gasteiger partial charge in [0.15, 0.2) is 0 Å². The number of likely N-dealkylation sites (N-methyl/N-ethyl adjacent to an activating group) is 1. The fourth-order valence-corrected chi connectivity index (χ4v) is 1.68. The molecule has 0 saturated heterocycles. The van der Waals surface area contributed by atoms with Crippen molar-refractivity contribution in [2.45, 2.75) is 11.8 Å². The average Bonchev–Trinajstić information content (AvgIpc) is 2.62. The van der Waals surface area contributed by atoms with Crippen molar-refractivity contribution in [2.24, 2.45) is 0 Å². The first-order chi connectivity index (χ1) is 7.12. The predicted molar refractivity (Wildman–Crippen MR) is 65.3 cm³/mol. The molecule has 1 aromatic heterocycles. The number of nitrogens with one attached hydrogen (secondary N) is 2. The number of fused-ring (bicyclic) bond motifs is 1. The summed E-state index contributed by atoms with van der Waals surface area (Å²) in [6.07, 6.45) is 2.55.